The van der Waals surface area contributed by atoms with Gasteiger partial charge < -0.3 is 14.6 Å². The fourth-order valence-electron chi connectivity index (χ4n) is 4.73. The smallest absolute Gasteiger partial charge is 0.147 e. The Morgan fingerprint density at radius 3 is 2.20 bits per heavy atom. The fourth-order valence-corrected chi connectivity index (χ4v) is 4.73. The van der Waals surface area contributed by atoms with Crippen LogP contribution in [-0.2, 0) is 9.47 Å². The van der Waals surface area contributed by atoms with Gasteiger partial charge in [-0.2, -0.15) is 0 Å². The van der Waals surface area contributed by atoms with Gasteiger partial charge in [-0.1, -0.05) is 52.0 Å². The molecule has 0 bridgehead atoms. The molecule has 2 saturated carbocycles. The van der Waals surface area contributed by atoms with Crippen molar-refractivity contribution in [3.05, 3.63) is 12.2 Å². The van der Waals surface area contributed by atoms with Crippen molar-refractivity contribution in [3.63, 3.8) is 0 Å². The molecule has 1 N–H and O–H groups in total. The highest BCUT2D eigenvalue weighted by Crippen LogP contribution is 2.41. The van der Waals surface area contributed by atoms with Crippen molar-refractivity contribution < 1.29 is 14.6 Å². The van der Waals surface area contributed by atoms with Gasteiger partial charge in [-0.15, -0.1) is 0 Å². The maximum atomic E-state index is 8.89. The Bertz CT molecular complexity index is 352. The summed E-state index contributed by atoms with van der Waals surface area (Å²) in [6.45, 7) is 6.73. The van der Waals surface area contributed by atoms with Crippen molar-refractivity contribution in [1.82, 2.24) is 0 Å². The zero-order chi connectivity index (χ0) is 17.9. The molecule has 2 aliphatic rings. The van der Waals surface area contributed by atoms with Crippen LogP contribution in [0.3, 0.4) is 0 Å². The van der Waals surface area contributed by atoms with Crippen LogP contribution in [0.15, 0.2) is 12.2 Å². The minimum Gasteiger partial charge on any atom is -0.392 e. The third-order valence-corrected chi connectivity index (χ3v) is 6.41. The molecular formula is C22H40O3. The lowest BCUT2D eigenvalue weighted by molar-refractivity contribution is -0.0992. The van der Waals surface area contributed by atoms with Crippen molar-refractivity contribution in [2.24, 2.45) is 17.8 Å². The molecule has 2 aliphatic carbocycles. The van der Waals surface area contributed by atoms with Gasteiger partial charge >= 0.3 is 0 Å². The first-order valence-electron chi connectivity index (χ1n) is 10.7. The molecule has 146 valence electrons. The van der Waals surface area contributed by atoms with E-state index < -0.39 is 0 Å². The van der Waals surface area contributed by atoms with Gasteiger partial charge in [0.25, 0.3) is 0 Å². The van der Waals surface area contributed by atoms with Crippen LogP contribution in [0, 0.1) is 17.8 Å². The molecule has 0 unspecified atom stereocenters. The molecule has 0 atom stereocenters. The van der Waals surface area contributed by atoms with Crippen LogP contribution < -0.4 is 0 Å². The molecule has 2 fully saturated rings. The molecule has 0 heterocycles. The van der Waals surface area contributed by atoms with Gasteiger partial charge in [-0.25, -0.2) is 0 Å². The number of ether oxygens (including phenoxy) is 2. The third-order valence-electron chi connectivity index (χ3n) is 6.41. The number of hydrogen-bond acceptors (Lipinski definition) is 3. The van der Waals surface area contributed by atoms with E-state index in [2.05, 4.69) is 13.5 Å². The Hall–Kier alpha value is -0.380. The standard InChI is InChI=1S/C22H40O3/c1-3-4-5-6-19-7-9-20(10-8-19)21-11-13-22(14-12-21)25-17-24-16-18(2)15-23/h19-23H,2-17H2,1H3. The van der Waals surface area contributed by atoms with E-state index in [0.717, 1.165) is 17.8 Å². The number of unbranched alkanes of at least 4 members (excludes halogenated alkanes) is 2. The Balaban J connectivity index is 1.54. The minimum atomic E-state index is -0.00798. The predicted octanol–water partition coefficient (Wildman–Crippen LogP) is 5.47. The van der Waals surface area contributed by atoms with Crippen LogP contribution in [0.25, 0.3) is 0 Å². The van der Waals surface area contributed by atoms with E-state index in [1.165, 1.54) is 77.0 Å². The van der Waals surface area contributed by atoms with Gasteiger partial charge in [0.15, 0.2) is 0 Å². The molecule has 3 nitrogen and oxygen atoms in total. The fraction of sp³-hybridized carbons (Fsp3) is 0.909. The van der Waals surface area contributed by atoms with Crippen LogP contribution in [-0.4, -0.2) is 31.2 Å². The first-order valence-corrected chi connectivity index (χ1v) is 10.7. The molecule has 0 saturated heterocycles. The average Bonchev–Trinajstić information content (AvgIpc) is 2.66. The predicted molar refractivity (Wildman–Crippen MR) is 103 cm³/mol. The monoisotopic (exact) mass is 352 g/mol. The molecule has 0 aromatic carbocycles. The topological polar surface area (TPSA) is 38.7 Å². The largest absolute Gasteiger partial charge is 0.392 e. The Kier molecular flexibility index (Phi) is 10.1. The minimum absolute atomic E-state index is 0.00798. The molecule has 0 aromatic heterocycles. The number of aliphatic hydroxyl groups is 1. The van der Waals surface area contributed by atoms with Crippen LogP contribution >= 0.6 is 0 Å². The number of aliphatic hydroxyl groups excluding tert-OH is 1. The van der Waals surface area contributed by atoms with Gasteiger partial charge in [0.05, 0.1) is 19.3 Å². The molecule has 25 heavy (non-hydrogen) atoms. The van der Waals surface area contributed by atoms with E-state index in [1.54, 1.807) is 0 Å². The van der Waals surface area contributed by atoms with Gasteiger partial charge in [-0.05, 0) is 61.9 Å². The Morgan fingerprint density at radius 1 is 0.960 bits per heavy atom. The highest BCUT2D eigenvalue weighted by atomic mass is 16.7. The van der Waals surface area contributed by atoms with Gasteiger partial charge in [0, 0.05) is 0 Å². The van der Waals surface area contributed by atoms with Crippen LogP contribution in [0.4, 0.5) is 0 Å². The third kappa shape index (κ3) is 7.80. The second-order valence-electron chi connectivity index (χ2n) is 8.35. The van der Waals surface area contributed by atoms with E-state index in [4.69, 9.17) is 14.6 Å². The van der Waals surface area contributed by atoms with E-state index in [-0.39, 0.29) is 6.61 Å². The number of hydrogen-bond donors (Lipinski definition) is 1. The summed E-state index contributed by atoms with van der Waals surface area (Å²) in [6, 6.07) is 0. The van der Waals surface area contributed by atoms with Crippen molar-refractivity contribution in [3.8, 4) is 0 Å². The van der Waals surface area contributed by atoms with Gasteiger partial charge in [0.1, 0.15) is 6.79 Å². The summed E-state index contributed by atoms with van der Waals surface area (Å²) in [6.07, 6.45) is 17.0. The summed E-state index contributed by atoms with van der Waals surface area (Å²) in [5.74, 6) is 2.94. The molecule has 0 amide bonds. The summed E-state index contributed by atoms with van der Waals surface area (Å²) < 4.78 is 11.2. The van der Waals surface area contributed by atoms with Crippen LogP contribution in [0.2, 0.25) is 0 Å². The van der Waals surface area contributed by atoms with E-state index >= 15 is 0 Å². The van der Waals surface area contributed by atoms with Crippen molar-refractivity contribution in [2.45, 2.75) is 90.1 Å². The zero-order valence-electron chi connectivity index (χ0n) is 16.4. The summed E-state index contributed by atoms with van der Waals surface area (Å²) in [5.41, 5.74) is 0.706. The molecule has 0 spiro atoms. The van der Waals surface area contributed by atoms with E-state index in [1.807, 2.05) is 0 Å². The molecular weight excluding hydrogens is 312 g/mol. The maximum Gasteiger partial charge on any atom is 0.147 e. The summed E-state index contributed by atoms with van der Waals surface area (Å²) in [5, 5.41) is 8.89. The van der Waals surface area contributed by atoms with Gasteiger partial charge in [0.2, 0.25) is 0 Å². The molecule has 0 aromatic rings. The quantitative estimate of drug-likeness (QED) is 0.304. The first-order chi connectivity index (χ1) is 12.2. The maximum absolute atomic E-state index is 8.89. The normalized spacial score (nSPS) is 30.3. The lowest BCUT2D eigenvalue weighted by Gasteiger charge is -2.37. The molecule has 2 rings (SSSR count). The van der Waals surface area contributed by atoms with Crippen LogP contribution in [0.5, 0.6) is 0 Å². The SMILES string of the molecule is C=C(CO)COCOC1CCC(C2CCC(CCCCC)CC2)CC1. The van der Waals surface area contributed by atoms with Crippen molar-refractivity contribution in [1.29, 1.82) is 0 Å². The molecule has 0 radical (unpaired) electrons. The average molecular weight is 353 g/mol. The second kappa shape index (κ2) is 12.1. The number of rotatable bonds is 11. The zero-order valence-corrected chi connectivity index (χ0v) is 16.4. The van der Waals surface area contributed by atoms with E-state index in [0.29, 0.717) is 25.1 Å². The Labute approximate surface area is 155 Å². The summed E-state index contributed by atoms with van der Waals surface area (Å²) >= 11 is 0. The highest BCUT2D eigenvalue weighted by molar-refractivity contribution is 4.93. The molecule has 3 heteroatoms. The Morgan fingerprint density at radius 2 is 1.60 bits per heavy atom. The second-order valence-corrected chi connectivity index (χ2v) is 8.35. The van der Waals surface area contributed by atoms with Crippen LogP contribution in [0.1, 0.15) is 84.0 Å². The van der Waals surface area contributed by atoms with Crippen molar-refractivity contribution in [2.75, 3.05) is 20.0 Å². The first kappa shape index (κ1) is 20.9. The lowest BCUT2D eigenvalue weighted by atomic mass is 9.70. The highest BCUT2D eigenvalue weighted by Gasteiger charge is 2.30. The van der Waals surface area contributed by atoms with Crippen molar-refractivity contribution >= 4 is 0 Å². The summed E-state index contributed by atoms with van der Waals surface area (Å²) in [7, 11) is 0. The summed E-state index contributed by atoms with van der Waals surface area (Å²) in [4.78, 5) is 0. The lowest BCUT2D eigenvalue weighted by Crippen LogP contribution is -2.29. The van der Waals surface area contributed by atoms with E-state index in [9.17, 15) is 0 Å². The molecule has 0 aliphatic heterocycles. The van der Waals surface area contributed by atoms with Gasteiger partial charge in [-0.3, -0.25) is 0 Å².